The molecule has 31 heavy (non-hydrogen) atoms. The van der Waals surface area contributed by atoms with Crippen molar-refractivity contribution in [2.45, 2.75) is 13.3 Å². The molecule has 1 fully saturated rings. The van der Waals surface area contributed by atoms with Crippen LogP contribution in [0, 0.1) is 0 Å². The second-order valence-electron chi connectivity index (χ2n) is 8.11. The Labute approximate surface area is 183 Å². The fourth-order valence-electron chi connectivity index (χ4n) is 4.16. The zero-order chi connectivity index (χ0) is 21.6. The summed E-state index contributed by atoms with van der Waals surface area (Å²) in [5.74, 6) is 0.211. The van der Waals surface area contributed by atoms with Crippen molar-refractivity contribution in [2.75, 3.05) is 45.8 Å². The number of rotatable bonds is 8. The Morgan fingerprint density at radius 3 is 2.26 bits per heavy atom. The number of aromatic nitrogens is 1. The molecule has 1 aliphatic heterocycles. The summed E-state index contributed by atoms with van der Waals surface area (Å²) < 4.78 is 0. The number of nitrogens with zero attached hydrogens (tertiary/aromatic N) is 2. The molecule has 3 aromatic rings. The van der Waals surface area contributed by atoms with Gasteiger partial charge in [0.25, 0.3) is 0 Å². The molecule has 6 nitrogen and oxygen atoms in total. The Kier molecular flexibility index (Phi) is 6.79. The van der Waals surface area contributed by atoms with Crippen molar-refractivity contribution in [3.05, 3.63) is 60.2 Å². The maximum absolute atomic E-state index is 13.4. The van der Waals surface area contributed by atoms with E-state index in [-0.39, 0.29) is 11.7 Å². The molecule has 2 N–H and O–H groups in total. The van der Waals surface area contributed by atoms with Crippen molar-refractivity contribution in [1.29, 1.82) is 0 Å². The first kappa shape index (κ1) is 21.3. The van der Waals surface area contributed by atoms with Crippen molar-refractivity contribution in [2.24, 2.45) is 0 Å². The van der Waals surface area contributed by atoms with E-state index < -0.39 is 0 Å². The summed E-state index contributed by atoms with van der Waals surface area (Å²) in [6.07, 6.45) is 0.945. The summed E-state index contributed by atoms with van der Waals surface area (Å²) in [5.41, 5.74) is 3.65. The van der Waals surface area contributed by atoms with Crippen LogP contribution in [0.2, 0.25) is 0 Å². The van der Waals surface area contributed by atoms with E-state index in [4.69, 9.17) is 0 Å². The minimum Gasteiger partial charge on any atom is -0.355 e. The van der Waals surface area contributed by atoms with E-state index >= 15 is 0 Å². The van der Waals surface area contributed by atoms with Gasteiger partial charge in [-0.3, -0.25) is 19.4 Å². The van der Waals surface area contributed by atoms with Gasteiger partial charge in [0, 0.05) is 43.6 Å². The third-order valence-electron chi connectivity index (χ3n) is 5.82. The number of hydrogen-bond donors (Lipinski definition) is 2. The van der Waals surface area contributed by atoms with Gasteiger partial charge in [-0.05, 0) is 18.1 Å². The highest BCUT2D eigenvalue weighted by atomic mass is 16.2. The average molecular weight is 419 g/mol. The van der Waals surface area contributed by atoms with E-state index in [0.717, 1.165) is 66.9 Å². The number of carbonyl (C=O) groups excluding carboxylic acids is 2. The number of benzene rings is 2. The average Bonchev–Trinajstić information content (AvgIpc) is 3.19. The van der Waals surface area contributed by atoms with Crippen LogP contribution in [0.15, 0.2) is 54.6 Å². The van der Waals surface area contributed by atoms with Gasteiger partial charge in [0.1, 0.15) is 0 Å². The zero-order valence-electron chi connectivity index (χ0n) is 18.1. The second kappa shape index (κ2) is 9.90. The molecule has 0 bridgehead atoms. The van der Waals surface area contributed by atoms with Gasteiger partial charge < -0.3 is 10.3 Å². The fourth-order valence-corrected chi connectivity index (χ4v) is 4.16. The normalized spacial score (nSPS) is 15.3. The Hall–Kier alpha value is -2.96. The Morgan fingerprint density at radius 1 is 0.903 bits per heavy atom. The van der Waals surface area contributed by atoms with Crippen molar-refractivity contribution in [3.8, 4) is 11.3 Å². The molecular weight excluding hydrogens is 388 g/mol. The molecule has 1 saturated heterocycles. The van der Waals surface area contributed by atoms with Crippen LogP contribution in [0.5, 0.6) is 0 Å². The van der Waals surface area contributed by atoms with E-state index in [1.165, 1.54) is 0 Å². The van der Waals surface area contributed by atoms with Crippen molar-refractivity contribution < 1.29 is 9.59 Å². The summed E-state index contributed by atoms with van der Waals surface area (Å²) in [6, 6.07) is 18.0. The molecule has 0 atom stereocenters. The molecule has 162 valence electrons. The van der Waals surface area contributed by atoms with Crippen LogP contribution in [-0.2, 0) is 4.79 Å². The van der Waals surface area contributed by atoms with Gasteiger partial charge in [0.2, 0.25) is 5.91 Å². The van der Waals surface area contributed by atoms with Crippen molar-refractivity contribution in [3.63, 3.8) is 0 Å². The van der Waals surface area contributed by atoms with Gasteiger partial charge in [-0.1, -0.05) is 55.5 Å². The number of carbonyl (C=O) groups is 2. The number of fused-ring (bicyclic) bond motifs is 1. The third-order valence-corrected chi connectivity index (χ3v) is 5.82. The number of Topliss-reactive ketones (excluding diaryl/α,β-unsaturated/α-hetero) is 1. The van der Waals surface area contributed by atoms with Crippen LogP contribution in [0.4, 0.5) is 0 Å². The van der Waals surface area contributed by atoms with Crippen LogP contribution in [0.3, 0.4) is 0 Å². The number of para-hydroxylation sites is 1. The minimum absolute atomic E-state index is 0.0812. The topological polar surface area (TPSA) is 68.4 Å². The molecule has 1 aliphatic rings. The molecule has 6 heteroatoms. The predicted octanol–water partition coefficient (Wildman–Crippen LogP) is 3.16. The number of nitrogens with one attached hydrogen (secondary N) is 2. The number of amides is 1. The lowest BCUT2D eigenvalue weighted by Crippen LogP contribution is -2.50. The lowest BCUT2D eigenvalue weighted by molar-refractivity contribution is -0.122. The molecule has 2 aromatic carbocycles. The van der Waals surface area contributed by atoms with Gasteiger partial charge in [-0.25, -0.2) is 0 Å². The predicted molar refractivity (Wildman–Crippen MR) is 124 cm³/mol. The van der Waals surface area contributed by atoms with Crippen LogP contribution in [0.25, 0.3) is 22.2 Å². The minimum atomic E-state index is 0.0812. The molecule has 1 aromatic heterocycles. The summed E-state index contributed by atoms with van der Waals surface area (Å²) in [4.78, 5) is 33.2. The largest absolute Gasteiger partial charge is 0.355 e. The highest BCUT2D eigenvalue weighted by Crippen LogP contribution is 2.30. The highest BCUT2D eigenvalue weighted by molar-refractivity contribution is 6.14. The quantitative estimate of drug-likeness (QED) is 0.552. The molecule has 1 amide bonds. The Bertz CT molecular complexity index is 1040. The van der Waals surface area contributed by atoms with Crippen LogP contribution in [0.1, 0.15) is 23.7 Å². The fraction of sp³-hybridized carbons (Fsp3) is 0.360. The molecule has 0 radical (unpaired) electrons. The number of H-pyrrole nitrogens is 1. The van der Waals surface area contributed by atoms with Gasteiger partial charge in [-0.2, -0.15) is 0 Å². The number of ketones is 1. The van der Waals surface area contributed by atoms with E-state index in [1.54, 1.807) is 0 Å². The molecule has 2 heterocycles. The standard InChI is InChI=1S/C25H30N4O2/c1-2-12-26-23(31)18-29-15-13-28(14-16-29)17-22(30)24-20-10-6-7-11-21(20)27-25(24)19-8-4-3-5-9-19/h3-11,27H,2,12-18H2,1H3,(H,26,31). The maximum Gasteiger partial charge on any atom is 0.234 e. The second-order valence-corrected chi connectivity index (χ2v) is 8.11. The molecule has 0 aliphatic carbocycles. The smallest absolute Gasteiger partial charge is 0.234 e. The maximum atomic E-state index is 13.4. The van der Waals surface area contributed by atoms with Crippen molar-refractivity contribution >= 4 is 22.6 Å². The summed E-state index contributed by atoms with van der Waals surface area (Å²) in [7, 11) is 0. The molecular formula is C25H30N4O2. The number of piperazine rings is 1. The van der Waals surface area contributed by atoms with Crippen LogP contribution < -0.4 is 5.32 Å². The van der Waals surface area contributed by atoms with Gasteiger partial charge in [0.05, 0.1) is 24.3 Å². The van der Waals surface area contributed by atoms with Gasteiger partial charge in [0.15, 0.2) is 5.78 Å². The zero-order valence-corrected chi connectivity index (χ0v) is 18.1. The summed E-state index contributed by atoms with van der Waals surface area (Å²) >= 11 is 0. The van der Waals surface area contributed by atoms with Gasteiger partial charge >= 0.3 is 0 Å². The summed E-state index contributed by atoms with van der Waals surface area (Å²) in [5, 5.41) is 3.90. The monoisotopic (exact) mass is 418 g/mol. The Morgan fingerprint density at radius 2 is 1.55 bits per heavy atom. The highest BCUT2D eigenvalue weighted by Gasteiger charge is 2.24. The van der Waals surface area contributed by atoms with E-state index in [1.807, 2.05) is 61.5 Å². The van der Waals surface area contributed by atoms with E-state index in [2.05, 4.69) is 20.1 Å². The molecule has 0 saturated carbocycles. The van der Waals surface area contributed by atoms with E-state index in [9.17, 15) is 9.59 Å². The van der Waals surface area contributed by atoms with Gasteiger partial charge in [-0.15, -0.1) is 0 Å². The SMILES string of the molecule is CCCNC(=O)CN1CCN(CC(=O)c2c(-c3ccccc3)[nH]c3ccccc23)CC1. The number of hydrogen-bond acceptors (Lipinski definition) is 4. The molecule has 4 rings (SSSR count). The van der Waals surface area contributed by atoms with Crippen molar-refractivity contribution in [1.82, 2.24) is 20.1 Å². The molecule has 0 spiro atoms. The first-order chi connectivity index (χ1) is 15.2. The Balaban J connectivity index is 1.45. The number of aromatic amines is 1. The lowest BCUT2D eigenvalue weighted by atomic mass is 10.0. The first-order valence-corrected chi connectivity index (χ1v) is 11.1. The molecule has 0 unspecified atom stereocenters. The third kappa shape index (κ3) is 5.03. The van der Waals surface area contributed by atoms with Crippen LogP contribution in [-0.4, -0.2) is 72.3 Å². The van der Waals surface area contributed by atoms with Crippen LogP contribution >= 0.6 is 0 Å². The summed E-state index contributed by atoms with van der Waals surface area (Å²) in [6.45, 7) is 6.76. The first-order valence-electron chi connectivity index (χ1n) is 11.1. The van der Waals surface area contributed by atoms with E-state index in [0.29, 0.717) is 13.1 Å². The lowest BCUT2D eigenvalue weighted by Gasteiger charge is -2.33.